The lowest BCUT2D eigenvalue weighted by Crippen LogP contribution is -3.28. The van der Waals surface area contributed by atoms with Gasteiger partial charge in [0.25, 0.3) is 0 Å². The number of nitrogens with one attached hydrogen (secondary N) is 2. The summed E-state index contributed by atoms with van der Waals surface area (Å²) in [5.41, 5.74) is 1.29. The molecule has 0 amide bonds. The van der Waals surface area contributed by atoms with Crippen LogP contribution in [0.15, 0.2) is 24.3 Å². The lowest BCUT2D eigenvalue weighted by Gasteiger charge is -2.30. The zero-order chi connectivity index (χ0) is 15.8. The molecule has 0 aliphatic carbocycles. The Morgan fingerprint density at radius 1 is 1.09 bits per heavy atom. The zero-order valence-electron chi connectivity index (χ0n) is 13.6. The summed E-state index contributed by atoms with van der Waals surface area (Å²) in [7, 11) is 0. The fourth-order valence-electron chi connectivity index (χ4n) is 2.98. The molecule has 1 unspecified atom stereocenters. The smallest absolute Gasteiger partial charge is 0.137 e. The summed E-state index contributed by atoms with van der Waals surface area (Å²) in [6, 6.07) is 8.07. The Labute approximate surface area is 133 Å². The van der Waals surface area contributed by atoms with E-state index >= 15 is 0 Å². The van der Waals surface area contributed by atoms with Crippen LogP contribution in [-0.2, 0) is 6.42 Å². The molecule has 1 atom stereocenters. The molecular weight excluding hydrogens is 280 g/mol. The minimum atomic E-state index is -0.430. The Kier molecular flexibility index (Phi) is 7.12. The van der Waals surface area contributed by atoms with Gasteiger partial charge >= 0.3 is 0 Å². The molecule has 1 aromatic carbocycles. The van der Waals surface area contributed by atoms with Gasteiger partial charge in [0.2, 0.25) is 0 Å². The first-order valence-corrected chi connectivity index (χ1v) is 8.39. The molecule has 0 radical (unpaired) electrons. The summed E-state index contributed by atoms with van der Waals surface area (Å²) in [5, 5.41) is 19.1. The van der Waals surface area contributed by atoms with E-state index in [0.29, 0.717) is 6.61 Å². The predicted octanol–water partition coefficient (Wildman–Crippen LogP) is -2.24. The van der Waals surface area contributed by atoms with Gasteiger partial charge in [-0.15, -0.1) is 0 Å². The largest absolute Gasteiger partial charge is 0.491 e. The van der Waals surface area contributed by atoms with Gasteiger partial charge in [-0.2, -0.15) is 0 Å². The van der Waals surface area contributed by atoms with E-state index in [1.165, 1.54) is 15.4 Å². The fraction of sp³-hybridized carbons (Fsp3) is 0.647. The fourth-order valence-corrected chi connectivity index (χ4v) is 2.98. The van der Waals surface area contributed by atoms with Gasteiger partial charge in [-0.3, -0.25) is 0 Å². The van der Waals surface area contributed by atoms with Gasteiger partial charge in [0.05, 0.1) is 6.61 Å². The minimum absolute atomic E-state index is 0.262. The molecule has 1 heterocycles. The van der Waals surface area contributed by atoms with Crippen molar-refractivity contribution >= 4 is 0 Å². The van der Waals surface area contributed by atoms with Crippen LogP contribution in [0.4, 0.5) is 0 Å². The first kappa shape index (κ1) is 17.2. The van der Waals surface area contributed by atoms with Crippen LogP contribution in [0.1, 0.15) is 12.5 Å². The maximum absolute atomic E-state index is 10.1. The highest BCUT2D eigenvalue weighted by Crippen LogP contribution is 2.12. The maximum atomic E-state index is 10.1. The van der Waals surface area contributed by atoms with Gasteiger partial charge in [0.1, 0.15) is 57.7 Å². The van der Waals surface area contributed by atoms with Gasteiger partial charge in [-0.1, -0.05) is 19.1 Å². The van der Waals surface area contributed by atoms with E-state index in [1.54, 1.807) is 0 Å². The zero-order valence-corrected chi connectivity index (χ0v) is 13.6. The summed E-state index contributed by atoms with van der Waals surface area (Å²) in [4.78, 5) is 2.90. The number of quaternary nitrogens is 2. The molecule has 0 aromatic heterocycles. The molecule has 124 valence electrons. The highest BCUT2D eigenvalue weighted by molar-refractivity contribution is 5.27. The van der Waals surface area contributed by atoms with Crippen LogP contribution in [0, 0.1) is 0 Å². The molecule has 4 N–H and O–H groups in total. The average molecular weight is 310 g/mol. The molecule has 0 saturated carbocycles. The second-order valence-corrected chi connectivity index (χ2v) is 6.14. The van der Waals surface area contributed by atoms with Crippen LogP contribution in [0.5, 0.6) is 5.75 Å². The first-order valence-electron chi connectivity index (χ1n) is 8.39. The molecular formula is C17H30N2O3+2. The lowest BCUT2D eigenvalue weighted by atomic mass is 10.2. The SMILES string of the molecule is CCc1ccc(OCC(O)C[NH+]2CC[NH+](CCO)CC2)cc1. The van der Waals surface area contributed by atoms with E-state index in [9.17, 15) is 5.11 Å². The Bertz CT molecular complexity index is 416. The number of piperazine rings is 1. The highest BCUT2D eigenvalue weighted by atomic mass is 16.5. The standard InChI is InChI=1S/C17H28N2O3/c1-2-15-3-5-17(6-4-15)22-14-16(21)13-19-9-7-18(8-10-19)11-12-20/h3-6,16,20-21H,2,7-14H2,1H3/p+2. The van der Waals surface area contributed by atoms with Gasteiger partial charge in [0.15, 0.2) is 0 Å². The topological polar surface area (TPSA) is 58.6 Å². The number of aliphatic hydroxyl groups is 2. The Morgan fingerprint density at radius 3 is 2.32 bits per heavy atom. The third-order valence-corrected chi connectivity index (χ3v) is 4.43. The second-order valence-electron chi connectivity index (χ2n) is 6.14. The van der Waals surface area contributed by atoms with Gasteiger partial charge in [0, 0.05) is 0 Å². The summed E-state index contributed by atoms with van der Waals surface area (Å²) >= 11 is 0. The Morgan fingerprint density at radius 2 is 1.73 bits per heavy atom. The van der Waals surface area contributed by atoms with Crippen LogP contribution < -0.4 is 14.5 Å². The van der Waals surface area contributed by atoms with Crippen molar-refractivity contribution in [2.24, 2.45) is 0 Å². The third-order valence-electron chi connectivity index (χ3n) is 4.43. The number of ether oxygens (including phenoxy) is 1. The van der Waals surface area contributed by atoms with Crippen molar-refractivity contribution < 1.29 is 24.7 Å². The van der Waals surface area contributed by atoms with Crippen molar-refractivity contribution in [1.82, 2.24) is 0 Å². The van der Waals surface area contributed by atoms with Crippen molar-refractivity contribution in [1.29, 1.82) is 0 Å². The Balaban J connectivity index is 1.66. The molecule has 1 saturated heterocycles. The maximum Gasteiger partial charge on any atom is 0.137 e. The van der Waals surface area contributed by atoms with E-state index in [1.807, 2.05) is 12.1 Å². The van der Waals surface area contributed by atoms with Crippen molar-refractivity contribution in [3.05, 3.63) is 29.8 Å². The monoisotopic (exact) mass is 310 g/mol. The van der Waals surface area contributed by atoms with Gasteiger partial charge < -0.3 is 24.7 Å². The third kappa shape index (κ3) is 5.57. The molecule has 5 heteroatoms. The van der Waals surface area contributed by atoms with E-state index in [4.69, 9.17) is 9.84 Å². The van der Waals surface area contributed by atoms with Crippen molar-refractivity contribution in [3.8, 4) is 5.75 Å². The van der Waals surface area contributed by atoms with E-state index in [2.05, 4.69) is 19.1 Å². The minimum Gasteiger partial charge on any atom is -0.491 e. The number of hydrogen-bond acceptors (Lipinski definition) is 3. The van der Waals surface area contributed by atoms with Crippen molar-refractivity contribution in [2.75, 3.05) is 52.5 Å². The summed E-state index contributed by atoms with van der Waals surface area (Å²) in [6.45, 7) is 8.57. The predicted molar refractivity (Wildman–Crippen MR) is 85.5 cm³/mol. The number of benzene rings is 1. The quantitative estimate of drug-likeness (QED) is 0.439. The van der Waals surface area contributed by atoms with E-state index in [-0.39, 0.29) is 6.61 Å². The van der Waals surface area contributed by atoms with Crippen LogP contribution in [0.25, 0.3) is 0 Å². The van der Waals surface area contributed by atoms with Crippen molar-refractivity contribution in [3.63, 3.8) is 0 Å². The normalized spacial score (nSPS) is 23.2. The first-order chi connectivity index (χ1) is 10.7. The molecule has 1 aliphatic heterocycles. The van der Waals surface area contributed by atoms with Gasteiger partial charge in [-0.05, 0) is 24.1 Å². The van der Waals surface area contributed by atoms with Crippen molar-refractivity contribution in [2.45, 2.75) is 19.4 Å². The summed E-state index contributed by atoms with van der Waals surface area (Å²) < 4.78 is 5.67. The van der Waals surface area contributed by atoms with Crippen LogP contribution in [0.2, 0.25) is 0 Å². The number of aliphatic hydroxyl groups excluding tert-OH is 2. The number of aryl methyl sites for hydroxylation is 1. The van der Waals surface area contributed by atoms with E-state index in [0.717, 1.165) is 51.4 Å². The molecule has 22 heavy (non-hydrogen) atoms. The lowest BCUT2D eigenvalue weighted by molar-refractivity contribution is -1.01. The molecule has 2 rings (SSSR count). The molecule has 1 aromatic rings. The molecule has 1 fully saturated rings. The molecule has 1 aliphatic rings. The second kappa shape index (κ2) is 9.10. The van der Waals surface area contributed by atoms with E-state index < -0.39 is 6.10 Å². The van der Waals surface area contributed by atoms with Crippen LogP contribution in [0.3, 0.4) is 0 Å². The highest BCUT2D eigenvalue weighted by Gasteiger charge is 2.24. The van der Waals surface area contributed by atoms with Gasteiger partial charge in [-0.25, -0.2) is 0 Å². The number of rotatable bonds is 8. The van der Waals surface area contributed by atoms with Crippen LogP contribution >= 0.6 is 0 Å². The average Bonchev–Trinajstić information content (AvgIpc) is 2.55. The van der Waals surface area contributed by atoms with Crippen LogP contribution in [-0.4, -0.2) is 68.8 Å². The number of hydrogen-bond donors (Lipinski definition) is 4. The summed E-state index contributed by atoms with van der Waals surface area (Å²) in [6.07, 6.45) is 0.594. The summed E-state index contributed by atoms with van der Waals surface area (Å²) in [5.74, 6) is 0.823. The molecule has 0 bridgehead atoms. The molecule has 0 spiro atoms. The molecule has 5 nitrogen and oxygen atoms in total. The Hall–Kier alpha value is -1.14.